The van der Waals surface area contributed by atoms with E-state index in [1.165, 1.54) is 0 Å². The van der Waals surface area contributed by atoms with E-state index in [9.17, 15) is 4.79 Å². The molecule has 2 rings (SSSR count). The largest absolute Gasteiger partial charge is 0.398 e. The molecule has 5 N–H and O–H groups in total. The SMILES string of the molecule is Cc1cc2c(NC(C)(C)C(N)=O)ccc(N)c2cn1. The van der Waals surface area contributed by atoms with Gasteiger partial charge in [0.15, 0.2) is 0 Å². The van der Waals surface area contributed by atoms with Crippen molar-refractivity contribution in [3.05, 3.63) is 30.1 Å². The fourth-order valence-electron chi connectivity index (χ4n) is 1.87. The van der Waals surface area contributed by atoms with Gasteiger partial charge in [0, 0.05) is 34.0 Å². The van der Waals surface area contributed by atoms with Crippen LogP contribution in [0, 0.1) is 6.92 Å². The molecule has 0 unspecified atom stereocenters. The first-order chi connectivity index (χ1) is 8.81. The average Bonchev–Trinajstić information content (AvgIpc) is 2.32. The van der Waals surface area contributed by atoms with E-state index in [-0.39, 0.29) is 0 Å². The minimum atomic E-state index is -0.833. The zero-order chi connectivity index (χ0) is 14.2. The van der Waals surface area contributed by atoms with Gasteiger partial charge < -0.3 is 16.8 Å². The number of fused-ring (bicyclic) bond motifs is 1. The van der Waals surface area contributed by atoms with Crippen molar-refractivity contribution >= 4 is 28.1 Å². The topological polar surface area (TPSA) is 94.0 Å². The summed E-state index contributed by atoms with van der Waals surface area (Å²) in [5.41, 5.74) is 12.9. The maximum atomic E-state index is 11.4. The lowest BCUT2D eigenvalue weighted by atomic mass is 10.0. The lowest BCUT2D eigenvalue weighted by molar-refractivity contribution is -0.121. The molecule has 0 saturated carbocycles. The third-order valence-corrected chi connectivity index (χ3v) is 3.13. The minimum Gasteiger partial charge on any atom is -0.398 e. The predicted molar refractivity (Wildman–Crippen MR) is 77.8 cm³/mol. The van der Waals surface area contributed by atoms with Crippen molar-refractivity contribution in [2.24, 2.45) is 5.73 Å². The molecule has 0 radical (unpaired) electrons. The third-order valence-electron chi connectivity index (χ3n) is 3.13. The molecule has 5 nitrogen and oxygen atoms in total. The number of amides is 1. The minimum absolute atomic E-state index is 0.414. The van der Waals surface area contributed by atoms with Gasteiger partial charge in [-0.1, -0.05) is 0 Å². The van der Waals surface area contributed by atoms with Crippen molar-refractivity contribution < 1.29 is 4.79 Å². The first-order valence-electron chi connectivity index (χ1n) is 6.04. The summed E-state index contributed by atoms with van der Waals surface area (Å²) in [5.74, 6) is -0.414. The molecule has 0 fully saturated rings. The van der Waals surface area contributed by atoms with E-state index >= 15 is 0 Å². The van der Waals surface area contributed by atoms with Crippen LogP contribution < -0.4 is 16.8 Å². The van der Waals surface area contributed by atoms with Crippen molar-refractivity contribution in [1.29, 1.82) is 0 Å². The Kier molecular flexibility index (Phi) is 3.06. The molecule has 100 valence electrons. The Bertz CT molecular complexity index is 649. The second-order valence-electron chi connectivity index (χ2n) is 5.19. The summed E-state index contributed by atoms with van der Waals surface area (Å²) in [7, 11) is 0. The number of carbonyl (C=O) groups excluding carboxylic acids is 1. The number of aromatic nitrogens is 1. The number of benzene rings is 1. The van der Waals surface area contributed by atoms with Crippen LogP contribution in [0.3, 0.4) is 0 Å². The zero-order valence-corrected chi connectivity index (χ0v) is 11.3. The lowest BCUT2D eigenvalue weighted by Gasteiger charge is -2.25. The highest BCUT2D eigenvalue weighted by molar-refractivity contribution is 6.02. The number of primary amides is 1. The van der Waals surface area contributed by atoms with E-state index in [0.29, 0.717) is 5.69 Å². The molecule has 1 aromatic heterocycles. The number of hydrogen-bond acceptors (Lipinski definition) is 4. The molecular formula is C14H18N4O. The summed E-state index contributed by atoms with van der Waals surface area (Å²) in [5, 5.41) is 4.95. The van der Waals surface area contributed by atoms with Crippen LogP contribution in [0.5, 0.6) is 0 Å². The van der Waals surface area contributed by atoms with E-state index in [2.05, 4.69) is 10.3 Å². The molecule has 1 aromatic carbocycles. The summed E-state index contributed by atoms with van der Waals surface area (Å²) < 4.78 is 0. The standard InChI is InChI=1S/C14H18N4O/c1-8-6-9-10(7-17-8)11(15)4-5-12(9)18-14(2,3)13(16)19/h4-7,18H,15H2,1-3H3,(H2,16,19). The van der Waals surface area contributed by atoms with Crippen molar-refractivity contribution in [3.63, 3.8) is 0 Å². The molecule has 1 amide bonds. The van der Waals surface area contributed by atoms with Crippen molar-refractivity contribution in [1.82, 2.24) is 4.98 Å². The summed E-state index contributed by atoms with van der Waals surface area (Å²) in [6, 6.07) is 5.58. The summed E-state index contributed by atoms with van der Waals surface area (Å²) >= 11 is 0. The number of hydrogen-bond donors (Lipinski definition) is 3. The molecule has 19 heavy (non-hydrogen) atoms. The highest BCUT2D eigenvalue weighted by atomic mass is 16.1. The van der Waals surface area contributed by atoms with E-state index in [0.717, 1.165) is 22.2 Å². The first kappa shape index (κ1) is 13.1. The van der Waals surface area contributed by atoms with Crippen molar-refractivity contribution in [2.45, 2.75) is 26.3 Å². The Balaban J connectivity index is 2.58. The van der Waals surface area contributed by atoms with Crippen LogP contribution >= 0.6 is 0 Å². The van der Waals surface area contributed by atoms with Crippen LogP contribution in [0.4, 0.5) is 11.4 Å². The number of nitrogens with zero attached hydrogens (tertiary/aromatic N) is 1. The number of rotatable bonds is 3. The maximum absolute atomic E-state index is 11.4. The molecule has 0 aliphatic rings. The molecule has 0 saturated heterocycles. The van der Waals surface area contributed by atoms with Crippen LogP contribution in [0.25, 0.3) is 10.8 Å². The molecule has 5 heteroatoms. The maximum Gasteiger partial charge on any atom is 0.242 e. The number of nitrogen functional groups attached to an aromatic ring is 1. The zero-order valence-electron chi connectivity index (χ0n) is 11.3. The van der Waals surface area contributed by atoms with Gasteiger partial charge in [-0.2, -0.15) is 0 Å². The molecule has 0 aliphatic carbocycles. The van der Waals surface area contributed by atoms with Crippen LogP contribution in [-0.2, 0) is 4.79 Å². The predicted octanol–water partition coefficient (Wildman–Crippen LogP) is 1.80. The van der Waals surface area contributed by atoms with Gasteiger partial charge in [0.2, 0.25) is 5.91 Å². The summed E-state index contributed by atoms with van der Waals surface area (Å²) in [6.07, 6.45) is 1.74. The normalized spacial score (nSPS) is 11.5. The lowest BCUT2D eigenvalue weighted by Crippen LogP contribution is -2.45. The van der Waals surface area contributed by atoms with Crippen molar-refractivity contribution in [3.8, 4) is 0 Å². The van der Waals surface area contributed by atoms with Gasteiger partial charge in [-0.05, 0) is 39.0 Å². The van der Waals surface area contributed by atoms with Crippen LogP contribution in [-0.4, -0.2) is 16.4 Å². The van der Waals surface area contributed by atoms with Crippen molar-refractivity contribution in [2.75, 3.05) is 11.1 Å². The molecule has 0 atom stereocenters. The van der Waals surface area contributed by atoms with Gasteiger partial charge in [-0.25, -0.2) is 0 Å². The van der Waals surface area contributed by atoms with Gasteiger partial charge in [0.1, 0.15) is 5.54 Å². The number of nitrogens with one attached hydrogen (secondary N) is 1. The van der Waals surface area contributed by atoms with Gasteiger partial charge in [0.05, 0.1) is 0 Å². The van der Waals surface area contributed by atoms with E-state index in [1.807, 2.05) is 19.1 Å². The number of pyridine rings is 1. The van der Waals surface area contributed by atoms with Gasteiger partial charge in [0.25, 0.3) is 0 Å². The fourth-order valence-corrected chi connectivity index (χ4v) is 1.87. The fraction of sp³-hybridized carbons (Fsp3) is 0.286. The van der Waals surface area contributed by atoms with Gasteiger partial charge in [-0.3, -0.25) is 9.78 Å². The summed E-state index contributed by atoms with van der Waals surface area (Å²) in [4.78, 5) is 15.7. The van der Waals surface area contributed by atoms with Gasteiger partial charge in [-0.15, -0.1) is 0 Å². The number of carbonyl (C=O) groups is 1. The third kappa shape index (κ3) is 2.45. The number of aryl methyl sites for hydroxylation is 1. The van der Waals surface area contributed by atoms with E-state index in [4.69, 9.17) is 11.5 Å². The molecule has 0 aliphatic heterocycles. The average molecular weight is 258 g/mol. The molecule has 0 spiro atoms. The Morgan fingerprint density at radius 3 is 2.63 bits per heavy atom. The van der Waals surface area contributed by atoms with Crippen LogP contribution in [0.15, 0.2) is 24.4 Å². The molecule has 0 bridgehead atoms. The van der Waals surface area contributed by atoms with Crippen LogP contribution in [0.1, 0.15) is 19.5 Å². The quantitative estimate of drug-likeness (QED) is 0.732. The Morgan fingerprint density at radius 2 is 2.00 bits per heavy atom. The second kappa shape index (κ2) is 4.42. The number of anilines is 2. The molecular weight excluding hydrogens is 240 g/mol. The molecule has 1 heterocycles. The highest BCUT2D eigenvalue weighted by Crippen LogP contribution is 2.30. The Labute approximate surface area is 112 Å². The number of nitrogens with two attached hydrogens (primary N) is 2. The van der Waals surface area contributed by atoms with Crippen LogP contribution in [0.2, 0.25) is 0 Å². The monoisotopic (exact) mass is 258 g/mol. The Morgan fingerprint density at radius 1 is 1.32 bits per heavy atom. The Hall–Kier alpha value is -2.30. The highest BCUT2D eigenvalue weighted by Gasteiger charge is 2.25. The molecule has 2 aromatic rings. The van der Waals surface area contributed by atoms with Gasteiger partial charge >= 0.3 is 0 Å². The second-order valence-corrected chi connectivity index (χ2v) is 5.19. The smallest absolute Gasteiger partial charge is 0.242 e. The summed E-state index contributed by atoms with van der Waals surface area (Å²) in [6.45, 7) is 5.39. The van der Waals surface area contributed by atoms with E-state index < -0.39 is 11.4 Å². The van der Waals surface area contributed by atoms with E-state index in [1.54, 1.807) is 26.1 Å². The first-order valence-corrected chi connectivity index (χ1v) is 6.04.